The lowest BCUT2D eigenvalue weighted by molar-refractivity contribution is 0.445. The van der Waals surface area contributed by atoms with Crippen LogP contribution in [0.15, 0.2) is 30.3 Å². The van der Waals surface area contributed by atoms with Gasteiger partial charge in [-0.25, -0.2) is 0 Å². The van der Waals surface area contributed by atoms with Gasteiger partial charge in [-0.2, -0.15) is 11.8 Å². The minimum Gasteiger partial charge on any atom is -0.312 e. The predicted molar refractivity (Wildman–Crippen MR) is 86.9 cm³/mol. The third-order valence-electron chi connectivity index (χ3n) is 4.48. The summed E-state index contributed by atoms with van der Waals surface area (Å²) in [5, 5.41) is 3.83. The lowest BCUT2D eigenvalue weighted by Crippen LogP contribution is -2.41. The van der Waals surface area contributed by atoms with Crippen molar-refractivity contribution in [1.29, 1.82) is 0 Å². The van der Waals surface area contributed by atoms with Crippen molar-refractivity contribution in [3.05, 3.63) is 35.9 Å². The number of nitrogens with one attached hydrogen (secondary N) is 1. The van der Waals surface area contributed by atoms with Gasteiger partial charge in [0.25, 0.3) is 0 Å². The molecule has 0 amide bonds. The van der Waals surface area contributed by atoms with Crippen LogP contribution in [-0.4, -0.2) is 23.6 Å². The van der Waals surface area contributed by atoms with Crippen molar-refractivity contribution in [3.63, 3.8) is 0 Å². The van der Waals surface area contributed by atoms with Crippen molar-refractivity contribution in [2.75, 3.05) is 12.8 Å². The molecule has 1 saturated carbocycles. The topological polar surface area (TPSA) is 12.0 Å². The van der Waals surface area contributed by atoms with Crippen LogP contribution in [0.5, 0.6) is 0 Å². The smallest absolute Gasteiger partial charge is 0.0281 e. The van der Waals surface area contributed by atoms with Gasteiger partial charge in [0.05, 0.1) is 0 Å². The number of rotatable bonds is 7. The van der Waals surface area contributed by atoms with E-state index in [0.29, 0.717) is 10.8 Å². The molecule has 1 unspecified atom stereocenters. The van der Waals surface area contributed by atoms with E-state index in [-0.39, 0.29) is 0 Å². The van der Waals surface area contributed by atoms with E-state index in [2.05, 4.69) is 60.6 Å². The van der Waals surface area contributed by atoms with Gasteiger partial charge in [0.2, 0.25) is 0 Å². The zero-order chi connectivity index (χ0) is 13.6. The minimum absolute atomic E-state index is 0.518. The van der Waals surface area contributed by atoms with Gasteiger partial charge in [-0.15, -0.1) is 0 Å². The van der Waals surface area contributed by atoms with Crippen LogP contribution in [0.1, 0.15) is 44.6 Å². The maximum absolute atomic E-state index is 3.83. The van der Waals surface area contributed by atoms with Gasteiger partial charge >= 0.3 is 0 Å². The first kappa shape index (κ1) is 14.9. The Bertz CT molecular complexity index is 357. The summed E-state index contributed by atoms with van der Waals surface area (Å²) in [5.41, 5.74) is 1.45. The maximum atomic E-state index is 3.83. The molecule has 1 N–H and O–H groups in total. The van der Waals surface area contributed by atoms with Crippen molar-refractivity contribution in [2.24, 2.45) is 0 Å². The molecule has 0 aliphatic heterocycles. The molecule has 2 rings (SSSR count). The second-order valence-corrected chi connectivity index (χ2v) is 7.04. The van der Waals surface area contributed by atoms with Crippen molar-refractivity contribution < 1.29 is 0 Å². The number of benzene rings is 1. The van der Waals surface area contributed by atoms with Crippen LogP contribution in [0.2, 0.25) is 0 Å². The Hall–Kier alpha value is -0.470. The van der Waals surface area contributed by atoms with E-state index in [1.165, 1.54) is 44.2 Å². The van der Waals surface area contributed by atoms with Crippen LogP contribution in [0.3, 0.4) is 0 Å². The lowest BCUT2D eigenvalue weighted by atomic mass is 10.0. The first-order chi connectivity index (χ1) is 9.28. The minimum atomic E-state index is 0.518. The van der Waals surface area contributed by atoms with Crippen LogP contribution in [-0.2, 0) is 6.42 Å². The van der Waals surface area contributed by atoms with E-state index in [1.807, 2.05) is 0 Å². The maximum Gasteiger partial charge on any atom is 0.0281 e. The second-order valence-electron chi connectivity index (χ2n) is 5.77. The SMILES string of the molecule is CCC(Cc1ccccc1)NCC1(SC)CCCC1. The lowest BCUT2D eigenvalue weighted by Gasteiger charge is -2.30. The van der Waals surface area contributed by atoms with E-state index in [1.54, 1.807) is 0 Å². The number of thioether (sulfide) groups is 1. The van der Waals surface area contributed by atoms with Crippen LogP contribution < -0.4 is 5.32 Å². The second kappa shape index (κ2) is 7.35. The zero-order valence-electron chi connectivity index (χ0n) is 12.3. The van der Waals surface area contributed by atoms with Gasteiger partial charge in [-0.1, -0.05) is 50.1 Å². The van der Waals surface area contributed by atoms with Crippen LogP contribution in [0, 0.1) is 0 Å². The average molecular weight is 277 g/mol. The van der Waals surface area contributed by atoms with Crippen molar-refractivity contribution in [2.45, 2.75) is 56.2 Å². The molecule has 2 heteroatoms. The molecule has 1 aliphatic rings. The number of hydrogen-bond donors (Lipinski definition) is 1. The monoisotopic (exact) mass is 277 g/mol. The van der Waals surface area contributed by atoms with Crippen LogP contribution in [0.25, 0.3) is 0 Å². The molecule has 0 radical (unpaired) electrons. The molecule has 0 heterocycles. The Labute approximate surface area is 122 Å². The summed E-state index contributed by atoms with van der Waals surface area (Å²) in [5.74, 6) is 0. The fourth-order valence-corrected chi connectivity index (χ4v) is 3.99. The van der Waals surface area contributed by atoms with Crippen molar-refractivity contribution in [3.8, 4) is 0 Å². The fourth-order valence-electron chi connectivity index (χ4n) is 3.06. The van der Waals surface area contributed by atoms with E-state index < -0.39 is 0 Å². The van der Waals surface area contributed by atoms with E-state index in [4.69, 9.17) is 0 Å². The zero-order valence-corrected chi connectivity index (χ0v) is 13.1. The molecular formula is C17H27NS. The fraction of sp³-hybridized carbons (Fsp3) is 0.647. The van der Waals surface area contributed by atoms with Gasteiger partial charge in [0, 0.05) is 17.3 Å². The van der Waals surface area contributed by atoms with Gasteiger partial charge in [-0.3, -0.25) is 0 Å². The average Bonchev–Trinajstić information content (AvgIpc) is 2.94. The van der Waals surface area contributed by atoms with Crippen LogP contribution >= 0.6 is 11.8 Å². The normalized spacial score (nSPS) is 19.5. The van der Waals surface area contributed by atoms with Gasteiger partial charge in [-0.05, 0) is 37.5 Å². The molecule has 1 fully saturated rings. The molecule has 1 atom stereocenters. The highest BCUT2D eigenvalue weighted by Crippen LogP contribution is 2.39. The van der Waals surface area contributed by atoms with E-state index >= 15 is 0 Å². The highest BCUT2D eigenvalue weighted by molar-refractivity contribution is 8.00. The Kier molecular flexibility index (Phi) is 5.77. The number of hydrogen-bond acceptors (Lipinski definition) is 2. The largest absolute Gasteiger partial charge is 0.312 e. The summed E-state index contributed by atoms with van der Waals surface area (Å²) >= 11 is 2.08. The molecule has 1 aromatic rings. The molecule has 0 bridgehead atoms. The summed E-state index contributed by atoms with van der Waals surface area (Å²) in [6.07, 6.45) is 10.3. The Morgan fingerprint density at radius 2 is 1.89 bits per heavy atom. The predicted octanol–water partition coefficient (Wildman–Crippen LogP) is 4.27. The highest BCUT2D eigenvalue weighted by atomic mass is 32.2. The summed E-state index contributed by atoms with van der Waals surface area (Å²) < 4.78 is 0.518. The molecular weight excluding hydrogens is 250 g/mol. The molecule has 106 valence electrons. The van der Waals surface area contributed by atoms with Gasteiger partial charge in [0.15, 0.2) is 0 Å². The summed E-state index contributed by atoms with van der Waals surface area (Å²) in [4.78, 5) is 0. The molecule has 0 aromatic heterocycles. The summed E-state index contributed by atoms with van der Waals surface area (Å²) in [6, 6.07) is 11.5. The van der Waals surface area contributed by atoms with Gasteiger partial charge < -0.3 is 5.32 Å². The van der Waals surface area contributed by atoms with Gasteiger partial charge in [0.1, 0.15) is 0 Å². The molecule has 1 aliphatic carbocycles. The standard InChI is InChI=1S/C17H27NS/c1-3-16(13-15-9-5-4-6-10-15)18-14-17(19-2)11-7-8-12-17/h4-6,9-10,16,18H,3,7-8,11-14H2,1-2H3. The summed E-state index contributed by atoms with van der Waals surface area (Å²) in [7, 11) is 0. The molecule has 0 spiro atoms. The molecule has 1 aromatic carbocycles. The Balaban J connectivity index is 1.85. The molecule has 1 nitrogen and oxygen atoms in total. The Morgan fingerprint density at radius 1 is 1.21 bits per heavy atom. The Morgan fingerprint density at radius 3 is 2.47 bits per heavy atom. The van der Waals surface area contributed by atoms with Crippen molar-refractivity contribution >= 4 is 11.8 Å². The van der Waals surface area contributed by atoms with E-state index in [0.717, 1.165) is 6.42 Å². The van der Waals surface area contributed by atoms with Crippen molar-refractivity contribution in [1.82, 2.24) is 5.32 Å². The molecule has 0 saturated heterocycles. The van der Waals surface area contributed by atoms with E-state index in [9.17, 15) is 0 Å². The quantitative estimate of drug-likeness (QED) is 0.798. The van der Waals surface area contributed by atoms with Crippen LogP contribution in [0.4, 0.5) is 0 Å². The highest BCUT2D eigenvalue weighted by Gasteiger charge is 2.32. The summed E-state index contributed by atoms with van der Waals surface area (Å²) in [6.45, 7) is 3.47. The third kappa shape index (κ3) is 4.25. The first-order valence-corrected chi connectivity index (χ1v) is 8.83. The third-order valence-corrected chi connectivity index (χ3v) is 5.90. The molecule has 19 heavy (non-hydrogen) atoms. The first-order valence-electron chi connectivity index (χ1n) is 7.60.